The second kappa shape index (κ2) is 4.52. The Bertz CT molecular complexity index is 411. The van der Waals surface area contributed by atoms with Crippen molar-refractivity contribution < 1.29 is 4.79 Å². The molecule has 1 saturated carbocycles. The van der Waals surface area contributed by atoms with Gasteiger partial charge in [-0.2, -0.15) is 0 Å². The van der Waals surface area contributed by atoms with Crippen molar-refractivity contribution in [2.45, 2.75) is 38.1 Å². The van der Waals surface area contributed by atoms with Gasteiger partial charge in [-0.05, 0) is 36.8 Å². The summed E-state index contributed by atoms with van der Waals surface area (Å²) in [6.07, 6.45) is 6.91. The average molecular weight is 229 g/mol. The summed E-state index contributed by atoms with van der Waals surface area (Å²) in [6.45, 7) is 1.15. The van der Waals surface area contributed by atoms with E-state index in [1.54, 1.807) is 0 Å². The van der Waals surface area contributed by atoms with Crippen molar-refractivity contribution in [3.05, 3.63) is 29.8 Å². The summed E-state index contributed by atoms with van der Waals surface area (Å²) in [5.74, 6) is 0.857. The zero-order valence-corrected chi connectivity index (χ0v) is 10.1. The maximum Gasteiger partial charge on any atom is 0.122 e. The van der Waals surface area contributed by atoms with Crippen LogP contribution in [-0.2, 0) is 11.2 Å². The van der Waals surface area contributed by atoms with Crippen molar-refractivity contribution in [3.63, 3.8) is 0 Å². The van der Waals surface area contributed by atoms with Crippen molar-refractivity contribution in [2.24, 2.45) is 5.92 Å². The van der Waals surface area contributed by atoms with E-state index in [1.165, 1.54) is 30.5 Å². The number of fused-ring (bicyclic) bond motifs is 1. The topological polar surface area (TPSA) is 20.3 Å². The number of hydrogen-bond donors (Lipinski definition) is 0. The first-order valence-electron chi connectivity index (χ1n) is 6.66. The predicted molar refractivity (Wildman–Crippen MR) is 69.3 cm³/mol. The van der Waals surface area contributed by atoms with E-state index in [-0.39, 0.29) is 0 Å². The number of nitrogens with zero attached hydrogens (tertiary/aromatic N) is 1. The molecule has 0 radical (unpaired) electrons. The van der Waals surface area contributed by atoms with E-state index in [4.69, 9.17) is 0 Å². The van der Waals surface area contributed by atoms with E-state index in [0.29, 0.717) is 12.5 Å². The maximum absolute atomic E-state index is 10.8. The molecule has 0 aromatic heterocycles. The Hall–Kier alpha value is -1.31. The Morgan fingerprint density at radius 3 is 2.82 bits per heavy atom. The largest absolute Gasteiger partial charge is 0.367 e. The Morgan fingerprint density at radius 1 is 1.29 bits per heavy atom. The van der Waals surface area contributed by atoms with E-state index < -0.39 is 0 Å². The smallest absolute Gasteiger partial charge is 0.122 e. The monoisotopic (exact) mass is 229 g/mol. The first-order valence-corrected chi connectivity index (χ1v) is 6.66. The molecule has 1 aliphatic heterocycles. The zero-order valence-electron chi connectivity index (χ0n) is 10.1. The van der Waals surface area contributed by atoms with E-state index in [2.05, 4.69) is 29.2 Å². The van der Waals surface area contributed by atoms with Gasteiger partial charge in [-0.25, -0.2) is 0 Å². The van der Waals surface area contributed by atoms with Gasteiger partial charge in [-0.15, -0.1) is 0 Å². The molecule has 0 saturated heterocycles. The highest BCUT2D eigenvalue weighted by Gasteiger charge is 2.31. The van der Waals surface area contributed by atoms with Gasteiger partial charge < -0.3 is 9.69 Å². The van der Waals surface area contributed by atoms with Crippen LogP contribution in [0.2, 0.25) is 0 Å². The number of hydrogen-bond acceptors (Lipinski definition) is 2. The number of benzene rings is 1. The molecule has 2 heteroatoms. The molecule has 1 fully saturated rings. The summed E-state index contributed by atoms with van der Waals surface area (Å²) >= 11 is 0. The van der Waals surface area contributed by atoms with Crippen LogP contribution in [0, 0.1) is 5.92 Å². The number of aldehydes is 1. The third kappa shape index (κ3) is 1.97. The van der Waals surface area contributed by atoms with Gasteiger partial charge in [0, 0.05) is 24.7 Å². The van der Waals surface area contributed by atoms with Crippen LogP contribution in [0.15, 0.2) is 24.3 Å². The molecule has 1 aromatic rings. The van der Waals surface area contributed by atoms with E-state index >= 15 is 0 Å². The molecule has 2 nitrogen and oxygen atoms in total. The molecule has 3 rings (SSSR count). The van der Waals surface area contributed by atoms with Gasteiger partial charge >= 0.3 is 0 Å². The molecule has 1 unspecified atom stereocenters. The average Bonchev–Trinajstić information content (AvgIpc) is 2.62. The summed E-state index contributed by atoms with van der Waals surface area (Å²) in [6, 6.07) is 9.03. The Labute approximate surface area is 103 Å². The molecule has 1 heterocycles. The van der Waals surface area contributed by atoms with Crippen LogP contribution in [0.5, 0.6) is 0 Å². The third-order valence-electron chi connectivity index (χ3n) is 4.25. The normalized spacial score (nSPS) is 23.3. The highest BCUT2D eigenvalue weighted by molar-refractivity contribution is 5.62. The van der Waals surface area contributed by atoms with Crippen LogP contribution in [-0.4, -0.2) is 18.9 Å². The molecule has 0 spiro atoms. The Morgan fingerprint density at radius 2 is 2.12 bits per heavy atom. The van der Waals surface area contributed by atoms with Crippen molar-refractivity contribution in [1.82, 2.24) is 0 Å². The van der Waals surface area contributed by atoms with Gasteiger partial charge in [0.1, 0.15) is 6.29 Å². The van der Waals surface area contributed by atoms with Crippen molar-refractivity contribution in [3.8, 4) is 0 Å². The first kappa shape index (κ1) is 10.8. The SMILES string of the molecule is O=CCC1Cc2ccccc2N1CC1CCC1. The standard InChI is InChI=1S/C15H19NO/c17-9-8-14-10-13-6-1-2-7-15(13)16(14)11-12-4-3-5-12/h1-2,6-7,9,12,14H,3-5,8,10-11H2. The van der Waals surface area contributed by atoms with Crippen molar-refractivity contribution in [2.75, 3.05) is 11.4 Å². The minimum atomic E-state index is 0.408. The maximum atomic E-state index is 10.8. The molecule has 0 amide bonds. The minimum Gasteiger partial charge on any atom is -0.367 e. The molecule has 2 aliphatic rings. The summed E-state index contributed by atoms with van der Waals surface area (Å²) in [4.78, 5) is 13.3. The highest BCUT2D eigenvalue weighted by Crippen LogP contribution is 2.36. The van der Waals surface area contributed by atoms with Crippen LogP contribution >= 0.6 is 0 Å². The lowest BCUT2D eigenvalue weighted by Gasteiger charge is -2.34. The molecule has 0 bridgehead atoms. The molecule has 1 aromatic carbocycles. The van der Waals surface area contributed by atoms with Gasteiger partial charge in [-0.1, -0.05) is 24.6 Å². The Balaban J connectivity index is 1.81. The quantitative estimate of drug-likeness (QED) is 0.740. The van der Waals surface area contributed by atoms with Crippen LogP contribution in [0.1, 0.15) is 31.2 Å². The van der Waals surface area contributed by atoms with Gasteiger partial charge in [0.2, 0.25) is 0 Å². The zero-order chi connectivity index (χ0) is 11.7. The number of para-hydroxylation sites is 1. The lowest BCUT2D eigenvalue weighted by Crippen LogP contribution is -2.38. The first-order chi connectivity index (χ1) is 8.38. The molecule has 17 heavy (non-hydrogen) atoms. The fraction of sp³-hybridized carbons (Fsp3) is 0.533. The van der Waals surface area contributed by atoms with Gasteiger partial charge in [0.15, 0.2) is 0 Å². The van der Waals surface area contributed by atoms with Crippen molar-refractivity contribution >= 4 is 12.0 Å². The van der Waals surface area contributed by atoms with Crippen LogP contribution < -0.4 is 4.90 Å². The van der Waals surface area contributed by atoms with E-state index in [0.717, 1.165) is 25.2 Å². The van der Waals surface area contributed by atoms with Crippen LogP contribution in [0.25, 0.3) is 0 Å². The van der Waals surface area contributed by atoms with Crippen LogP contribution in [0.4, 0.5) is 5.69 Å². The van der Waals surface area contributed by atoms with Gasteiger partial charge in [0.05, 0.1) is 0 Å². The second-order valence-corrected chi connectivity index (χ2v) is 5.34. The summed E-state index contributed by atoms with van der Waals surface area (Å²) in [5, 5.41) is 0. The lowest BCUT2D eigenvalue weighted by atomic mass is 9.85. The number of carbonyl (C=O) groups excluding carboxylic acids is 1. The molecular formula is C15H19NO. The third-order valence-corrected chi connectivity index (χ3v) is 4.25. The lowest BCUT2D eigenvalue weighted by molar-refractivity contribution is -0.108. The molecule has 90 valence electrons. The Kier molecular flexibility index (Phi) is 2.87. The molecule has 1 aliphatic carbocycles. The number of anilines is 1. The van der Waals surface area contributed by atoms with Crippen molar-refractivity contribution in [1.29, 1.82) is 0 Å². The summed E-state index contributed by atoms with van der Waals surface area (Å²) < 4.78 is 0. The fourth-order valence-electron chi connectivity index (χ4n) is 3.05. The predicted octanol–water partition coefficient (Wildman–Crippen LogP) is 2.81. The fourth-order valence-corrected chi connectivity index (χ4v) is 3.05. The number of rotatable bonds is 4. The van der Waals surface area contributed by atoms with Gasteiger partial charge in [0.25, 0.3) is 0 Å². The minimum absolute atomic E-state index is 0.408. The molecule has 1 atom stereocenters. The molecule has 0 N–H and O–H groups in total. The van der Waals surface area contributed by atoms with Crippen LogP contribution in [0.3, 0.4) is 0 Å². The van der Waals surface area contributed by atoms with Gasteiger partial charge in [-0.3, -0.25) is 0 Å². The van der Waals surface area contributed by atoms with E-state index in [9.17, 15) is 4.79 Å². The number of carbonyl (C=O) groups is 1. The van der Waals surface area contributed by atoms with E-state index in [1.807, 2.05) is 0 Å². The molecular weight excluding hydrogens is 210 g/mol. The second-order valence-electron chi connectivity index (χ2n) is 5.34. The summed E-state index contributed by atoms with van der Waals surface area (Å²) in [7, 11) is 0. The highest BCUT2D eigenvalue weighted by atomic mass is 16.1. The summed E-state index contributed by atoms with van der Waals surface area (Å²) in [5.41, 5.74) is 2.78.